The van der Waals surface area contributed by atoms with Crippen molar-refractivity contribution in [3.05, 3.63) is 75.5 Å². The highest BCUT2D eigenvalue weighted by atomic mass is 32.2. The second kappa shape index (κ2) is 7.82. The number of thiophene rings is 1. The molecule has 5 nitrogen and oxygen atoms in total. The van der Waals surface area contributed by atoms with Crippen LogP contribution in [0.25, 0.3) is 0 Å². The van der Waals surface area contributed by atoms with E-state index in [1.165, 1.54) is 0 Å². The molecular formula is C22H23NO4S2. The number of fused-ring (bicyclic) bond motifs is 1. The number of ether oxygens (including phenoxy) is 2. The first-order valence-corrected chi connectivity index (χ1v) is 11.6. The molecule has 2 aromatic carbocycles. The predicted molar refractivity (Wildman–Crippen MR) is 114 cm³/mol. The van der Waals surface area contributed by atoms with E-state index in [2.05, 4.69) is 0 Å². The van der Waals surface area contributed by atoms with Crippen LogP contribution in [-0.2, 0) is 16.4 Å². The zero-order valence-electron chi connectivity index (χ0n) is 16.6. The summed E-state index contributed by atoms with van der Waals surface area (Å²) >= 11 is 1.56. The van der Waals surface area contributed by atoms with Gasteiger partial charge in [-0.2, -0.15) is 4.31 Å². The summed E-state index contributed by atoms with van der Waals surface area (Å²) in [6.07, 6.45) is 0.614. The van der Waals surface area contributed by atoms with E-state index in [1.54, 1.807) is 42.0 Å². The highest BCUT2D eigenvalue weighted by Crippen LogP contribution is 2.44. The highest BCUT2D eigenvalue weighted by Gasteiger charge is 2.38. The lowest BCUT2D eigenvalue weighted by atomic mass is 9.92. The van der Waals surface area contributed by atoms with E-state index in [9.17, 15) is 8.42 Å². The summed E-state index contributed by atoms with van der Waals surface area (Å²) in [5, 5.41) is 1.97. The van der Waals surface area contributed by atoms with Crippen LogP contribution in [0.5, 0.6) is 11.5 Å². The lowest BCUT2D eigenvalue weighted by Gasteiger charge is -2.36. The van der Waals surface area contributed by atoms with Crippen molar-refractivity contribution in [3.63, 3.8) is 0 Å². The lowest BCUT2D eigenvalue weighted by molar-refractivity contribution is 0.334. The number of sulfonamides is 1. The monoisotopic (exact) mass is 429 g/mol. The minimum Gasteiger partial charge on any atom is -0.493 e. The van der Waals surface area contributed by atoms with E-state index in [4.69, 9.17) is 9.47 Å². The maximum Gasteiger partial charge on any atom is 0.243 e. The van der Waals surface area contributed by atoms with E-state index in [-0.39, 0.29) is 0 Å². The molecule has 0 bridgehead atoms. The smallest absolute Gasteiger partial charge is 0.243 e. The van der Waals surface area contributed by atoms with Gasteiger partial charge in [0.05, 0.1) is 25.2 Å². The minimum absolute atomic E-state index is 0.314. The molecule has 0 saturated carbocycles. The quantitative estimate of drug-likeness (QED) is 0.603. The standard InChI is InChI=1S/C22H23NO4S2/c1-15-6-8-17(9-7-15)29(24,25)23-11-10-16-13-19(26-2)20(27-3)14-18(16)22(23)21-5-4-12-28-21/h4-9,12-14,22H,10-11H2,1-3H3/t22-/m0/s1. The molecule has 1 aliphatic rings. The first-order valence-electron chi connectivity index (χ1n) is 9.32. The van der Waals surface area contributed by atoms with Gasteiger partial charge in [0, 0.05) is 11.4 Å². The summed E-state index contributed by atoms with van der Waals surface area (Å²) in [4.78, 5) is 1.29. The molecule has 1 aromatic heterocycles. The number of aryl methyl sites for hydroxylation is 1. The molecule has 0 fully saturated rings. The molecule has 152 valence electrons. The number of methoxy groups -OCH3 is 2. The van der Waals surface area contributed by atoms with Crippen LogP contribution in [0, 0.1) is 6.92 Å². The topological polar surface area (TPSA) is 55.8 Å². The molecule has 29 heavy (non-hydrogen) atoms. The molecule has 0 N–H and O–H groups in total. The molecule has 0 saturated heterocycles. The molecule has 1 aliphatic heterocycles. The average molecular weight is 430 g/mol. The summed E-state index contributed by atoms with van der Waals surface area (Å²) in [6, 6.07) is 14.4. The third-order valence-electron chi connectivity index (χ3n) is 5.27. The Bertz CT molecular complexity index is 1110. The van der Waals surface area contributed by atoms with Crippen molar-refractivity contribution in [2.75, 3.05) is 20.8 Å². The summed E-state index contributed by atoms with van der Waals surface area (Å²) in [5.74, 6) is 1.26. The molecule has 0 amide bonds. The van der Waals surface area contributed by atoms with Gasteiger partial charge in [0.1, 0.15) is 0 Å². The van der Waals surface area contributed by atoms with Gasteiger partial charge in [-0.1, -0.05) is 23.8 Å². The van der Waals surface area contributed by atoms with Crippen molar-refractivity contribution >= 4 is 21.4 Å². The van der Waals surface area contributed by atoms with Crippen LogP contribution >= 0.6 is 11.3 Å². The van der Waals surface area contributed by atoms with E-state index >= 15 is 0 Å². The van der Waals surface area contributed by atoms with Crippen molar-refractivity contribution in [1.29, 1.82) is 0 Å². The van der Waals surface area contributed by atoms with Gasteiger partial charge in [-0.25, -0.2) is 8.42 Å². The van der Waals surface area contributed by atoms with Crippen molar-refractivity contribution < 1.29 is 17.9 Å². The molecule has 0 radical (unpaired) electrons. The number of hydrogen-bond donors (Lipinski definition) is 0. The van der Waals surface area contributed by atoms with Crippen LogP contribution in [-0.4, -0.2) is 33.5 Å². The SMILES string of the molecule is COc1cc2c(cc1OC)[C@@H](c1cccs1)N(S(=O)(=O)c1ccc(C)cc1)CC2. The van der Waals surface area contributed by atoms with Gasteiger partial charge in [-0.05, 0) is 60.2 Å². The van der Waals surface area contributed by atoms with Crippen LogP contribution in [0.2, 0.25) is 0 Å². The Morgan fingerprint density at radius 1 is 1.03 bits per heavy atom. The second-order valence-electron chi connectivity index (χ2n) is 7.00. The predicted octanol–water partition coefficient (Wildman–Crippen LogP) is 4.41. The first-order chi connectivity index (χ1) is 14.0. The summed E-state index contributed by atoms with van der Waals surface area (Å²) < 4.78 is 39.7. The van der Waals surface area contributed by atoms with Crippen LogP contribution in [0.15, 0.2) is 58.8 Å². The zero-order chi connectivity index (χ0) is 20.6. The van der Waals surface area contributed by atoms with Gasteiger partial charge in [0.15, 0.2) is 11.5 Å². The van der Waals surface area contributed by atoms with Gasteiger partial charge in [-0.15, -0.1) is 11.3 Å². The summed E-state index contributed by atoms with van der Waals surface area (Å²) in [6.45, 7) is 2.35. The molecular weight excluding hydrogens is 406 g/mol. The number of benzene rings is 2. The molecule has 7 heteroatoms. The van der Waals surface area contributed by atoms with E-state index in [0.29, 0.717) is 29.4 Å². The Balaban J connectivity index is 1.87. The number of hydrogen-bond acceptors (Lipinski definition) is 5. The Morgan fingerprint density at radius 3 is 2.34 bits per heavy atom. The van der Waals surface area contributed by atoms with Crippen molar-refractivity contribution in [2.45, 2.75) is 24.3 Å². The molecule has 0 aliphatic carbocycles. The maximum atomic E-state index is 13.6. The van der Waals surface area contributed by atoms with Gasteiger partial charge in [-0.3, -0.25) is 0 Å². The minimum atomic E-state index is -3.66. The van der Waals surface area contributed by atoms with Crippen molar-refractivity contribution in [3.8, 4) is 11.5 Å². The van der Waals surface area contributed by atoms with Gasteiger partial charge < -0.3 is 9.47 Å². The maximum absolute atomic E-state index is 13.6. The van der Waals surface area contributed by atoms with Crippen molar-refractivity contribution in [1.82, 2.24) is 4.31 Å². The third-order valence-corrected chi connectivity index (χ3v) is 8.07. The molecule has 3 aromatic rings. The van der Waals surface area contributed by atoms with Crippen LogP contribution in [0.1, 0.15) is 27.6 Å². The molecule has 1 atom stereocenters. The fourth-order valence-electron chi connectivity index (χ4n) is 3.77. The summed E-state index contributed by atoms with van der Waals surface area (Å²) in [7, 11) is -0.464. The van der Waals surface area contributed by atoms with Crippen molar-refractivity contribution in [2.24, 2.45) is 0 Å². The second-order valence-corrected chi connectivity index (χ2v) is 9.87. The Kier molecular flexibility index (Phi) is 5.38. The molecule has 0 unspecified atom stereocenters. The lowest BCUT2D eigenvalue weighted by Crippen LogP contribution is -2.40. The van der Waals surface area contributed by atoms with Crippen LogP contribution < -0.4 is 9.47 Å². The average Bonchev–Trinajstić information content (AvgIpc) is 3.26. The van der Waals surface area contributed by atoms with Gasteiger partial charge in [0.25, 0.3) is 0 Å². The Labute approximate surface area is 175 Å². The Hall–Kier alpha value is -2.35. The van der Waals surface area contributed by atoms with Crippen LogP contribution in [0.3, 0.4) is 0 Å². The molecule has 2 heterocycles. The van der Waals surface area contributed by atoms with Gasteiger partial charge in [0.2, 0.25) is 10.0 Å². The van der Waals surface area contributed by atoms with E-state index in [1.807, 2.05) is 48.7 Å². The first kappa shape index (κ1) is 19.9. The number of rotatable bonds is 5. The fourth-order valence-corrected chi connectivity index (χ4v) is 6.28. The van der Waals surface area contributed by atoms with E-state index < -0.39 is 16.1 Å². The zero-order valence-corrected chi connectivity index (χ0v) is 18.2. The third kappa shape index (κ3) is 3.54. The molecule has 4 rings (SSSR count). The van der Waals surface area contributed by atoms with E-state index in [0.717, 1.165) is 21.6 Å². The molecule has 0 spiro atoms. The Morgan fingerprint density at radius 2 is 1.72 bits per heavy atom. The van der Waals surface area contributed by atoms with Crippen LogP contribution in [0.4, 0.5) is 0 Å². The fraction of sp³-hybridized carbons (Fsp3) is 0.273. The highest BCUT2D eigenvalue weighted by molar-refractivity contribution is 7.89. The normalized spacial score (nSPS) is 17.0. The largest absolute Gasteiger partial charge is 0.493 e. The van der Waals surface area contributed by atoms with Gasteiger partial charge >= 0.3 is 0 Å². The number of nitrogens with zero attached hydrogens (tertiary/aromatic N) is 1. The summed E-state index contributed by atoms with van der Waals surface area (Å²) in [5.41, 5.74) is 3.04.